The van der Waals surface area contributed by atoms with Crippen molar-refractivity contribution in [1.82, 2.24) is 10.6 Å². The molecule has 244 valence electrons. The summed E-state index contributed by atoms with van der Waals surface area (Å²) in [6.45, 7) is 8.23. The Morgan fingerprint density at radius 3 is 2.00 bits per heavy atom. The number of halogens is 3. The lowest BCUT2D eigenvalue weighted by Gasteiger charge is -2.54. The van der Waals surface area contributed by atoms with Crippen LogP contribution in [-0.2, 0) is 16.0 Å². The van der Waals surface area contributed by atoms with Crippen LogP contribution in [0.1, 0.15) is 71.3 Å². The van der Waals surface area contributed by atoms with Crippen LogP contribution in [0.15, 0.2) is 59.7 Å². The molecule has 4 N–H and O–H groups in total. The van der Waals surface area contributed by atoms with E-state index in [1.165, 1.54) is 55.4 Å². The van der Waals surface area contributed by atoms with Crippen LogP contribution in [0.5, 0.6) is 5.75 Å². The minimum Gasteiger partial charge on any atom is -0.478 e. The zero-order valence-corrected chi connectivity index (χ0v) is 25.9. The predicted octanol–water partition coefficient (Wildman–Crippen LogP) is 6.90. The third-order valence-electron chi connectivity index (χ3n) is 8.70. The van der Waals surface area contributed by atoms with Crippen molar-refractivity contribution in [2.75, 3.05) is 13.1 Å². The van der Waals surface area contributed by atoms with Crippen molar-refractivity contribution in [2.24, 2.45) is 23.7 Å². The summed E-state index contributed by atoms with van der Waals surface area (Å²) in [4.78, 5) is 19.1. The lowest BCUT2D eigenvalue weighted by Crippen LogP contribution is -2.55. The molecule has 0 spiro atoms. The molecule has 4 bridgehead atoms. The number of nitrogens with one attached hydrogen (secondary N) is 2. The number of carboxylic acid groups (broad SMARTS) is 2. The van der Waals surface area contributed by atoms with Crippen molar-refractivity contribution in [3.63, 3.8) is 0 Å². The quantitative estimate of drug-likeness (QED) is 0.102. The van der Waals surface area contributed by atoms with E-state index in [9.17, 15) is 22.8 Å². The highest BCUT2D eigenvalue weighted by Gasteiger charge is 2.47. The third-order valence-corrected chi connectivity index (χ3v) is 8.70. The number of aliphatic carboxylic acids is 2. The Morgan fingerprint density at radius 2 is 1.50 bits per heavy atom. The summed E-state index contributed by atoms with van der Waals surface area (Å²) in [5, 5.41) is 23.2. The van der Waals surface area contributed by atoms with E-state index >= 15 is 0 Å². The molecule has 0 aliphatic heterocycles. The van der Waals surface area contributed by atoms with Crippen molar-refractivity contribution in [1.29, 1.82) is 0 Å². The van der Waals surface area contributed by atoms with Crippen molar-refractivity contribution < 1.29 is 37.7 Å². The Morgan fingerprint density at radius 1 is 0.932 bits per heavy atom. The molecule has 1 aromatic rings. The lowest BCUT2D eigenvalue weighted by molar-refractivity contribution is -0.274. The van der Waals surface area contributed by atoms with Gasteiger partial charge in [0.25, 0.3) is 0 Å². The van der Waals surface area contributed by atoms with Crippen molar-refractivity contribution in [3.05, 3.63) is 65.3 Å². The molecule has 4 aliphatic rings. The van der Waals surface area contributed by atoms with E-state index in [-0.39, 0.29) is 11.8 Å². The fourth-order valence-electron chi connectivity index (χ4n) is 7.18. The van der Waals surface area contributed by atoms with Gasteiger partial charge < -0.3 is 25.6 Å². The molecule has 0 radical (unpaired) electrons. The summed E-state index contributed by atoms with van der Waals surface area (Å²) in [6.07, 6.45) is 10.9. The van der Waals surface area contributed by atoms with Gasteiger partial charge in [-0.1, -0.05) is 35.4 Å². The minimum atomic E-state index is -4.67. The molecule has 4 aliphatic carbocycles. The van der Waals surface area contributed by atoms with E-state index in [0.717, 1.165) is 61.6 Å². The normalized spacial score (nSPS) is 24.9. The van der Waals surface area contributed by atoms with Gasteiger partial charge in [0, 0.05) is 37.3 Å². The average molecular weight is 621 g/mol. The average Bonchev–Trinajstić information content (AvgIpc) is 2.91. The zero-order valence-electron chi connectivity index (χ0n) is 25.9. The van der Waals surface area contributed by atoms with Gasteiger partial charge in [0.15, 0.2) is 0 Å². The number of rotatable bonds is 14. The Hall–Kier alpha value is -3.11. The molecule has 7 nitrogen and oxygen atoms in total. The van der Waals surface area contributed by atoms with Gasteiger partial charge >= 0.3 is 18.3 Å². The summed E-state index contributed by atoms with van der Waals surface area (Å²) in [5.74, 6) is 1.02. The van der Waals surface area contributed by atoms with E-state index in [2.05, 4.69) is 48.3 Å². The maximum absolute atomic E-state index is 12.5. The van der Waals surface area contributed by atoms with Gasteiger partial charge in [-0.15, -0.1) is 13.2 Å². The van der Waals surface area contributed by atoms with Crippen molar-refractivity contribution in [2.45, 2.75) is 90.6 Å². The Labute approximate surface area is 258 Å². The zero-order chi connectivity index (χ0) is 32.3. The summed E-state index contributed by atoms with van der Waals surface area (Å²) in [6, 6.07) is 7.08. The molecule has 1 aromatic carbocycles. The molecule has 5 rings (SSSR count). The number of carbonyl (C=O) groups is 2. The van der Waals surface area contributed by atoms with Gasteiger partial charge in [-0.3, -0.25) is 0 Å². The van der Waals surface area contributed by atoms with Crippen molar-refractivity contribution >= 4 is 11.9 Å². The van der Waals surface area contributed by atoms with E-state index in [4.69, 9.17) is 10.2 Å². The summed E-state index contributed by atoms with van der Waals surface area (Å²) >= 11 is 0. The molecule has 0 heterocycles. The van der Waals surface area contributed by atoms with Gasteiger partial charge in [-0.2, -0.15) is 0 Å². The number of carboxylic acids is 2. The lowest BCUT2D eigenvalue weighted by atomic mass is 9.54. The second-order valence-electron chi connectivity index (χ2n) is 12.7. The third kappa shape index (κ3) is 12.9. The van der Waals surface area contributed by atoms with Crippen molar-refractivity contribution in [3.8, 4) is 5.75 Å². The highest BCUT2D eigenvalue weighted by molar-refractivity contribution is 5.89. The topological polar surface area (TPSA) is 108 Å². The summed E-state index contributed by atoms with van der Waals surface area (Å²) in [5.41, 5.74) is 3.65. The molecule has 44 heavy (non-hydrogen) atoms. The van der Waals surface area contributed by atoms with Crippen LogP contribution in [-0.4, -0.2) is 53.7 Å². The van der Waals surface area contributed by atoms with E-state index in [1.807, 2.05) is 0 Å². The number of benzene rings is 1. The molecular formula is C34H47F3N2O5. The number of ether oxygens (including phenoxy) is 1. The molecule has 1 atom stereocenters. The van der Waals surface area contributed by atoms with Crippen LogP contribution in [0, 0.1) is 23.7 Å². The molecule has 10 heteroatoms. The fraction of sp³-hybridized carbons (Fsp3) is 0.588. The maximum atomic E-state index is 12.5. The predicted molar refractivity (Wildman–Crippen MR) is 164 cm³/mol. The number of alkyl halides is 3. The van der Waals surface area contributed by atoms with E-state index < -0.39 is 18.3 Å². The first-order valence-electron chi connectivity index (χ1n) is 15.5. The van der Waals surface area contributed by atoms with E-state index in [0.29, 0.717) is 18.2 Å². The van der Waals surface area contributed by atoms with Gasteiger partial charge in [0.1, 0.15) is 5.75 Å². The molecule has 0 aromatic heterocycles. The molecule has 1 unspecified atom stereocenters. The minimum absolute atomic E-state index is 0.131. The number of hydrogen-bond acceptors (Lipinski definition) is 5. The van der Waals surface area contributed by atoms with Gasteiger partial charge in [-0.05, 0) is 114 Å². The van der Waals surface area contributed by atoms with Crippen LogP contribution in [0.3, 0.4) is 0 Å². The summed E-state index contributed by atoms with van der Waals surface area (Å²) < 4.78 is 41.5. The van der Waals surface area contributed by atoms with Crippen LogP contribution in [0.2, 0.25) is 0 Å². The molecular weight excluding hydrogens is 573 g/mol. The first-order chi connectivity index (χ1) is 20.8. The first kappa shape index (κ1) is 35.4. The fourth-order valence-corrected chi connectivity index (χ4v) is 7.18. The Kier molecular flexibility index (Phi) is 13.5. The number of allylic oxidation sites excluding steroid dienone is 3. The number of hydrogen-bond donors (Lipinski definition) is 4. The monoisotopic (exact) mass is 620 g/mol. The second-order valence-corrected chi connectivity index (χ2v) is 12.7. The Balaban J connectivity index is 0.000000583. The largest absolute Gasteiger partial charge is 0.573 e. The first-order valence-corrected chi connectivity index (χ1v) is 15.5. The smallest absolute Gasteiger partial charge is 0.478 e. The maximum Gasteiger partial charge on any atom is 0.573 e. The van der Waals surface area contributed by atoms with Gasteiger partial charge in [0.2, 0.25) is 0 Å². The molecule has 0 saturated heterocycles. The van der Waals surface area contributed by atoms with Crippen LogP contribution < -0.4 is 15.4 Å². The highest BCUT2D eigenvalue weighted by Crippen LogP contribution is 2.53. The van der Waals surface area contributed by atoms with Crippen LogP contribution >= 0.6 is 0 Å². The van der Waals surface area contributed by atoms with Gasteiger partial charge in [-0.25, -0.2) is 9.59 Å². The molecule has 4 saturated carbocycles. The van der Waals surface area contributed by atoms with Crippen LogP contribution in [0.25, 0.3) is 0 Å². The van der Waals surface area contributed by atoms with E-state index in [1.54, 1.807) is 12.1 Å². The highest BCUT2D eigenvalue weighted by atomic mass is 19.4. The van der Waals surface area contributed by atoms with Gasteiger partial charge in [0.05, 0.1) is 0 Å². The SMILES string of the molecule is CC(C)=CCC/C(C)=C/C(Cc1ccc(OC(F)(F)F)cc1)NCCNC1C2CC3CC(C2)CC1C3.O=C(O)/C=C\C(=O)O. The van der Waals surface area contributed by atoms with Crippen LogP contribution in [0.4, 0.5) is 13.2 Å². The Bertz CT molecular complexity index is 1130. The molecule has 4 fully saturated rings. The second kappa shape index (κ2) is 16.8. The standard InChI is InChI=1S/C30H43F3N2O.C4H4O4/c1-20(2)5-4-6-21(3)13-27(19-22-7-9-28(10-8-22)36-30(31,32)33)34-11-12-35-29-25-15-23-14-24(17-25)18-26(29)16-23;5-3(6)1-2-4(7)8/h5,7-10,13,23-27,29,34-35H,4,6,11-12,14-19H2,1-3H3;1-2H,(H,5,6)(H,7,8)/b21-13+;2-1-. The summed E-state index contributed by atoms with van der Waals surface area (Å²) in [7, 11) is 0. The molecule has 0 amide bonds.